The van der Waals surface area contributed by atoms with Gasteiger partial charge in [-0.1, -0.05) is 152 Å². The topological polar surface area (TPSA) is 49.6 Å². The van der Waals surface area contributed by atoms with Crippen molar-refractivity contribution in [3.8, 4) is 22.3 Å². The number of hydrogen-bond donors (Lipinski definition) is 2. The maximum atomic E-state index is 6.62. The molecule has 2 aliphatic rings. The van der Waals surface area contributed by atoms with E-state index in [1.165, 1.54) is 59.1 Å². The zero-order chi connectivity index (χ0) is 38.2. The van der Waals surface area contributed by atoms with E-state index in [4.69, 9.17) is 9.41 Å². The van der Waals surface area contributed by atoms with Crippen molar-refractivity contribution in [3.63, 3.8) is 0 Å². The molecule has 0 spiro atoms. The number of amidine groups is 1. The Kier molecular flexibility index (Phi) is 7.71. The van der Waals surface area contributed by atoms with Gasteiger partial charge in [0.2, 0.25) is 0 Å². The maximum absolute atomic E-state index is 6.62. The summed E-state index contributed by atoms with van der Waals surface area (Å²) < 4.78 is 9.25. The number of thiophene rings is 1. The minimum atomic E-state index is -0.227. The normalized spacial score (nSPS) is 17.6. The van der Waals surface area contributed by atoms with E-state index < -0.39 is 0 Å². The van der Waals surface area contributed by atoms with Crippen molar-refractivity contribution in [1.29, 1.82) is 0 Å². The van der Waals surface area contributed by atoms with E-state index in [1.807, 2.05) is 23.5 Å². The van der Waals surface area contributed by atoms with Crippen LogP contribution in [0.4, 0.5) is 0 Å². The molecule has 58 heavy (non-hydrogen) atoms. The highest BCUT2D eigenvalue weighted by Gasteiger charge is 2.30. The van der Waals surface area contributed by atoms with Crippen molar-refractivity contribution in [2.24, 2.45) is 4.99 Å². The Morgan fingerprint density at radius 1 is 0.517 bits per heavy atom. The number of furan rings is 1. The average molecular weight is 764 g/mol. The first-order valence-corrected chi connectivity index (χ1v) is 20.8. The summed E-state index contributed by atoms with van der Waals surface area (Å²) in [7, 11) is 0. The van der Waals surface area contributed by atoms with Gasteiger partial charge in [0.15, 0.2) is 0 Å². The van der Waals surface area contributed by atoms with Crippen LogP contribution in [0.15, 0.2) is 191 Å². The highest BCUT2D eigenvalue weighted by Crippen LogP contribution is 2.49. The molecule has 8 aromatic carbocycles. The molecule has 3 atom stereocenters. The second-order valence-corrected chi connectivity index (χ2v) is 16.5. The van der Waals surface area contributed by atoms with Crippen LogP contribution in [0, 0.1) is 0 Å². The fraction of sp³-hybridized carbons (Fsp3) is 0.0755. The van der Waals surface area contributed by atoms with Gasteiger partial charge in [-0.25, -0.2) is 4.99 Å². The third-order valence-electron chi connectivity index (χ3n) is 12.2. The van der Waals surface area contributed by atoms with Crippen molar-refractivity contribution < 1.29 is 4.42 Å². The van der Waals surface area contributed by atoms with Gasteiger partial charge in [0.25, 0.3) is 0 Å². The lowest BCUT2D eigenvalue weighted by Gasteiger charge is -2.32. The van der Waals surface area contributed by atoms with Crippen LogP contribution in [0.2, 0.25) is 0 Å². The lowest BCUT2D eigenvalue weighted by atomic mass is 9.75. The highest BCUT2D eigenvalue weighted by atomic mass is 32.1. The smallest absolute Gasteiger partial charge is 0.135 e. The Hall–Kier alpha value is -6.79. The van der Waals surface area contributed by atoms with E-state index in [-0.39, 0.29) is 18.2 Å². The number of benzene rings is 8. The van der Waals surface area contributed by atoms with Gasteiger partial charge in [-0.05, 0) is 81.3 Å². The molecule has 2 N–H and O–H groups in total. The second kappa shape index (κ2) is 13.4. The van der Waals surface area contributed by atoms with Crippen molar-refractivity contribution in [1.82, 2.24) is 10.6 Å². The predicted octanol–water partition coefficient (Wildman–Crippen LogP) is 13.3. The van der Waals surface area contributed by atoms with E-state index >= 15 is 0 Å². The minimum Gasteiger partial charge on any atom is -0.456 e. The predicted molar refractivity (Wildman–Crippen MR) is 241 cm³/mol. The molecule has 3 unspecified atom stereocenters. The highest BCUT2D eigenvalue weighted by molar-refractivity contribution is 7.26. The summed E-state index contributed by atoms with van der Waals surface area (Å²) in [5.74, 6) is 1.11. The molecule has 0 bridgehead atoms. The molecule has 0 saturated carbocycles. The van der Waals surface area contributed by atoms with E-state index in [1.54, 1.807) is 0 Å². The number of fused-ring (bicyclic) bond motifs is 9. The van der Waals surface area contributed by atoms with Crippen LogP contribution in [0.3, 0.4) is 0 Å². The van der Waals surface area contributed by atoms with Crippen molar-refractivity contribution in [3.05, 3.63) is 215 Å². The van der Waals surface area contributed by atoms with Gasteiger partial charge < -0.3 is 9.73 Å². The van der Waals surface area contributed by atoms with Crippen LogP contribution < -0.4 is 10.6 Å². The van der Waals surface area contributed by atoms with E-state index in [0.717, 1.165) is 50.9 Å². The maximum Gasteiger partial charge on any atom is 0.135 e. The molecule has 0 radical (unpaired) electrons. The first kappa shape index (κ1) is 33.4. The van der Waals surface area contributed by atoms with Gasteiger partial charge in [-0.3, -0.25) is 5.32 Å². The number of nitrogens with zero attached hydrogens (tertiary/aromatic N) is 1. The SMILES string of the molecule is c1ccc(C2=NC(c3ccccc3)NC(c3cccc4oc5ccc(-c6cccc7sc8cccc(C9Cc%10ccccc%10-c%10ccccc%109)c8c67)cc5c34)N2)cc1. The van der Waals surface area contributed by atoms with E-state index in [0.29, 0.717) is 0 Å². The summed E-state index contributed by atoms with van der Waals surface area (Å²) >= 11 is 1.90. The van der Waals surface area contributed by atoms with Gasteiger partial charge >= 0.3 is 0 Å². The Bertz CT molecular complexity index is 3240. The van der Waals surface area contributed by atoms with Gasteiger partial charge in [0.1, 0.15) is 29.3 Å². The Labute approximate surface area is 340 Å². The largest absolute Gasteiger partial charge is 0.456 e. The Balaban J connectivity index is 1.02. The second-order valence-electron chi connectivity index (χ2n) is 15.4. The van der Waals surface area contributed by atoms with Crippen LogP contribution in [-0.4, -0.2) is 5.84 Å². The summed E-state index contributed by atoms with van der Waals surface area (Å²) in [6.07, 6.45) is 0.531. The summed E-state index contributed by atoms with van der Waals surface area (Å²) in [6, 6.07) is 65.7. The standard InChI is InChI=1S/C53H37N3OS/c1-3-14-32(15-4-1)51-54-52(33-16-5-2-6-17-33)56-53(55-51)41-24-11-25-45-48(41)43-31-35(28-29-44(43)57-45)37-22-12-26-46-49(37)50-40(23-13-27-47(50)58-46)42-30-34-18-7-8-19-36(34)38-20-9-10-21-39(38)42/h1-29,31,42,51,53,55H,30H2,(H,54,56). The third-order valence-corrected chi connectivity index (χ3v) is 13.3. The molecular weight excluding hydrogens is 727 g/mol. The van der Waals surface area contributed by atoms with Gasteiger partial charge in [-0.15, -0.1) is 11.3 Å². The van der Waals surface area contributed by atoms with Crippen LogP contribution >= 0.6 is 11.3 Å². The Morgan fingerprint density at radius 2 is 1.21 bits per heavy atom. The summed E-state index contributed by atoms with van der Waals surface area (Å²) in [5, 5.41) is 12.5. The van der Waals surface area contributed by atoms with Crippen molar-refractivity contribution in [2.75, 3.05) is 0 Å². The van der Waals surface area contributed by atoms with Gasteiger partial charge in [-0.2, -0.15) is 0 Å². The fourth-order valence-electron chi connectivity index (χ4n) is 9.57. The molecule has 1 aliphatic carbocycles. The molecule has 0 amide bonds. The first-order chi connectivity index (χ1) is 28.7. The lowest BCUT2D eigenvalue weighted by Crippen LogP contribution is -2.45. The summed E-state index contributed by atoms with van der Waals surface area (Å²) in [6.45, 7) is 0. The summed E-state index contributed by atoms with van der Waals surface area (Å²) in [4.78, 5) is 5.17. The molecule has 5 heteroatoms. The molecule has 0 fully saturated rings. The number of rotatable bonds is 5. The van der Waals surface area contributed by atoms with Crippen LogP contribution in [-0.2, 0) is 6.42 Å². The molecule has 3 heterocycles. The summed E-state index contributed by atoms with van der Waals surface area (Å²) in [5.41, 5.74) is 14.4. The molecule has 12 rings (SSSR count). The van der Waals surface area contributed by atoms with Crippen LogP contribution in [0.1, 0.15) is 51.6 Å². The minimum absolute atomic E-state index is 0.221. The molecule has 2 aromatic heterocycles. The van der Waals surface area contributed by atoms with Crippen molar-refractivity contribution >= 4 is 59.3 Å². The fourth-order valence-corrected chi connectivity index (χ4v) is 10.7. The average Bonchev–Trinajstić information content (AvgIpc) is 3.88. The van der Waals surface area contributed by atoms with Crippen LogP contribution in [0.5, 0.6) is 0 Å². The third kappa shape index (κ3) is 5.35. The first-order valence-electron chi connectivity index (χ1n) is 20.0. The van der Waals surface area contributed by atoms with E-state index in [9.17, 15) is 0 Å². The molecule has 1 aliphatic heterocycles. The molecule has 0 saturated heterocycles. The monoisotopic (exact) mass is 763 g/mol. The number of hydrogen-bond acceptors (Lipinski definition) is 5. The molecular formula is C53H37N3OS. The van der Waals surface area contributed by atoms with E-state index in [2.05, 4.69) is 180 Å². The molecule has 10 aromatic rings. The quantitative estimate of drug-likeness (QED) is 0.184. The molecule has 4 nitrogen and oxygen atoms in total. The zero-order valence-electron chi connectivity index (χ0n) is 31.5. The van der Waals surface area contributed by atoms with Crippen molar-refractivity contribution in [2.45, 2.75) is 24.7 Å². The Morgan fingerprint density at radius 3 is 2.09 bits per heavy atom. The van der Waals surface area contributed by atoms with Gasteiger partial charge in [0.05, 0.1) is 0 Å². The van der Waals surface area contributed by atoms with Gasteiger partial charge in [0, 0.05) is 48.0 Å². The number of nitrogens with one attached hydrogen (secondary N) is 2. The number of aliphatic imine (C=N–C) groups is 1. The zero-order valence-corrected chi connectivity index (χ0v) is 32.3. The lowest BCUT2D eigenvalue weighted by molar-refractivity contribution is 0.411. The molecule has 276 valence electrons. The van der Waals surface area contributed by atoms with Crippen LogP contribution in [0.25, 0.3) is 64.4 Å².